The molecule has 2 aromatic rings. The third kappa shape index (κ3) is 8.01. The molecular weight excluding hydrogens is 366 g/mol. The van der Waals surface area contributed by atoms with Crippen LogP contribution in [-0.2, 0) is 13.0 Å². The quantitative estimate of drug-likeness (QED) is 0.503. The van der Waals surface area contributed by atoms with Gasteiger partial charge in [0.1, 0.15) is 12.7 Å². The maximum Gasteiger partial charge on any atom is 0.161 e. The normalized spacial score (nSPS) is 12.2. The van der Waals surface area contributed by atoms with E-state index in [1.165, 1.54) is 0 Å². The van der Waals surface area contributed by atoms with E-state index in [4.69, 9.17) is 9.47 Å². The van der Waals surface area contributed by atoms with Gasteiger partial charge < -0.3 is 24.8 Å². The fourth-order valence-corrected chi connectivity index (χ4v) is 3.15. The van der Waals surface area contributed by atoms with Crippen molar-refractivity contribution in [3.63, 3.8) is 0 Å². The van der Waals surface area contributed by atoms with Gasteiger partial charge in [0.05, 0.1) is 7.11 Å². The minimum atomic E-state index is -0.531. The number of benzene rings is 1. The van der Waals surface area contributed by atoms with E-state index in [2.05, 4.69) is 35.1 Å². The van der Waals surface area contributed by atoms with Gasteiger partial charge in [-0.1, -0.05) is 26.0 Å². The van der Waals surface area contributed by atoms with Gasteiger partial charge in [-0.05, 0) is 49.8 Å². The number of likely N-dealkylation sites (N-methyl/N-ethyl adjacent to an activating group) is 1. The zero-order chi connectivity index (χ0) is 21.1. The molecule has 6 nitrogen and oxygen atoms in total. The number of hydrogen-bond donors (Lipinski definition) is 2. The van der Waals surface area contributed by atoms with Crippen LogP contribution in [0.3, 0.4) is 0 Å². The first kappa shape index (κ1) is 23.1. The van der Waals surface area contributed by atoms with Crippen molar-refractivity contribution in [1.29, 1.82) is 0 Å². The summed E-state index contributed by atoms with van der Waals surface area (Å²) in [5, 5.41) is 13.6. The number of nitrogens with one attached hydrogen (secondary N) is 1. The van der Waals surface area contributed by atoms with Crippen molar-refractivity contribution >= 4 is 0 Å². The summed E-state index contributed by atoms with van der Waals surface area (Å²) in [6.07, 6.45) is 0.362. The molecule has 0 saturated heterocycles. The Morgan fingerprint density at radius 1 is 1.14 bits per heavy atom. The summed E-state index contributed by atoms with van der Waals surface area (Å²) in [5.41, 5.74) is 3.27. The number of aliphatic hydroxyl groups excluding tert-OH is 1. The lowest BCUT2D eigenvalue weighted by Gasteiger charge is -2.22. The minimum absolute atomic E-state index is 0.244. The van der Waals surface area contributed by atoms with Crippen molar-refractivity contribution in [2.24, 2.45) is 0 Å². The zero-order valence-electron chi connectivity index (χ0n) is 18.1. The largest absolute Gasteiger partial charge is 0.493 e. The molecule has 160 valence electrons. The summed E-state index contributed by atoms with van der Waals surface area (Å²) in [5.74, 6) is 1.33. The molecule has 1 aromatic heterocycles. The first-order valence-electron chi connectivity index (χ1n) is 10.4. The van der Waals surface area contributed by atoms with Crippen LogP contribution in [0.5, 0.6) is 11.5 Å². The van der Waals surface area contributed by atoms with Crippen LogP contribution in [0.15, 0.2) is 36.4 Å². The highest BCUT2D eigenvalue weighted by molar-refractivity contribution is 5.43. The number of rotatable bonds is 13. The van der Waals surface area contributed by atoms with Crippen molar-refractivity contribution in [3.8, 4) is 11.5 Å². The number of methoxy groups -OCH3 is 1. The molecule has 2 rings (SSSR count). The van der Waals surface area contributed by atoms with Crippen LogP contribution in [-0.4, -0.2) is 61.0 Å². The van der Waals surface area contributed by atoms with Crippen molar-refractivity contribution in [1.82, 2.24) is 15.2 Å². The van der Waals surface area contributed by atoms with E-state index in [0.29, 0.717) is 18.0 Å². The maximum absolute atomic E-state index is 10.2. The molecule has 1 atom stereocenters. The molecule has 6 heteroatoms. The number of aliphatic hydroxyl groups is 1. The number of aryl methyl sites for hydroxylation is 1. The number of hydrogen-bond acceptors (Lipinski definition) is 6. The molecular formula is C23H35N3O3. The Labute approximate surface area is 174 Å². The molecule has 0 amide bonds. The minimum Gasteiger partial charge on any atom is -0.493 e. The predicted molar refractivity (Wildman–Crippen MR) is 117 cm³/mol. The first-order chi connectivity index (χ1) is 14.0. The number of pyridine rings is 1. The van der Waals surface area contributed by atoms with Gasteiger partial charge in [0.15, 0.2) is 11.5 Å². The molecule has 0 bridgehead atoms. The van der Waals surface area contributed by atoms with Crippen LogP contribution in [0, 0.1) is 6.92 Å². The van der Waals surface area contributed by atoms with Crippen LogP contribution in [0.4, 0.5) is 0 Å². The molecule has 0 aliphatic carbocycles. The van der Waals surface area contributed by atoms with Gasteiger partial charge in [-0.15, -0.1) is 0 Å². The fourth-order valence-electron chi connectivity index (χ4n) is 3.15. The van der Waals surface area contributed by atoms with E-state index in [0.717, 1.165) is 49.6 Å². The van der Waals surface area contributed by atoms with Gasteiger partial charge >= 0.3 is 0 Å². The third-order valence-electron chi connectivity index (χ3n) is 4.86. The molecule has 2 N–H and O–H groups in total. The van der Waals surface area contributed by atoms with Crippen LogP contribution >= 0.6 is 0 Å². The van der Waals surface area contributed by atoms with Gasteiger partial charge in [-0.2, -0.15) is 0 Å². The monoisotopic (exact) mass is 401 g/mol. The summed E-state index contributed by atoms with van der Waals surface area (Å²) in [7, 11) is 1.63. The molecule has 0 aliphatic rings. The lowest BCUT2D eigenvalue weighted by atomic mass is 10.2. The van der Waals surface area contributed by atoms with E-state index in [-0.39, 0.29) is 6.61 Å². The summed E-state index contributed by atoms with van der Waals surface area (Å²) in [6.45, 7) is 10.5. The highest BCUT2D eigenvalue weighted by Gasteiger charge is 2.12. The van der Waals surface area contributed by atoms with Gasteiger partial charge in [0.25, 0.3) is 0 Å². The van der Waals surface area contributed by atoms with Crippen LogP contribution < -0.4 is 14.8 Å². The van der Waals surface area contributed by atoms with E-state index in [1.807, 2.05) is 37.3 Å². The fraction of sp³-hybridized carbons (Fsp3) is 0.522. The average Bonchev–Trinajstić information content (AvgIpc) is 2.73. The maximum atomic E-state index is 10.2. The molecule has 0 saturated carbocycles. The van der Waals surface area contributed by atoms with E-state index in [9.17, 15) is 5.11 Å². The van der Waals surface area contributed by atoms with Crippen LogP contribution in [0.25, 0.3) is 0 Å². The molecule has 0 aliphatic heterocycles. The van der Waals surface area contributed by atoms with Crippen molar-refractivity contribution in [2.75, 3.05) is 39.9 Å². The lowest BCUT2D eigenvalue weighted by Crippen LogP contribution is -2.35. The Morgan fingerprint density at radius 2 is 1.93 bits per heavy atom. The third-order valence-corrected chi connectivity index (χ3v) is 4.86. The summed E-state index contributed by atoms with van der Waals surface area (Å²) >= 11 is 0. The Bertz CT molecular complexity index is 735. The summed E-state index contributed by atoms with van der Waals surface area (Å²) < 4.78 is 11.3. The van der Waals surface area contributed by atoms with Gasteiger partial charge in [-0.3, -0.25) is 4.98 Å². The molecule has 1 heterocycles. The zero-order valence-corrected chi connectivity index (χ0v) is 18.1. The Hall–Kier alpha value is -2.15. The first-order valence-corrected chi connectivity index (χ1v) is 10.4. The van der Waals surface area contributed by atoms with Crippen LogP contribution in [0.1, 0.15) is 30.8 Å². The van der Waals surface area contributed by atoms with Crippen molar-refractivity contribution in [2.45, 2.75) is 39.8 Å². The van der Waals surface area contributed by atoms with Gasteiger partial charge in [-0.25, -0.2) is 0 Å². The topological polar surface area (TPSA) is 66.9 Å². The number of ether oxygens (including phenoxy) is 2. The van der Waals surface area contributed by atoms with E-state index in [1.54, 1.807) is 7.11 Å². The molecule has 1 aromatic carbocycles. The number of nitrogens with zero attached hydrogens (tertiary/aromatic N) is 2. The summed E-state index contributed by atoms with van der Waals surface area (Å²) in [6, 6.07) is 12.0. The Balaban J connectivity index is 1.81. The van der Waals surface area contributed by atoms with E-state index < -0.39 is 6.10 Å². The Morgan fingerprint density at radius 3 is 2.62 bits per heavy atom. The van der Waals surface area contributed by atoms with E-state index >= 15 is 0 Å². The Kier molecular flexibility index (Phi) is 9.91. The predicted octanol–water partition coefficient (Wildman–Crippen LogP) is 2.81. The second-order valence-corrected chi connectivity index (χ2v) is 7.13. The summed E-state index contributed by atoms with van der Waals surface area (Å²) in [4.78, 5) is 6.69. The molecule has 0 radical (unpaired) electrons. The van der Waals surface area contributed by atoms with Crippen molar-refractivity contribution in [3.05, 3.63) is 53.3 Å². The lowest BCUT2D eigenvalue weighted by molar-refractivity contribution is 0.0705. The molecule has 29 heavy (non-hydrogen) atoms. The molecule has 0 fully saturated rings. The molecule has 0 unspecified atom stereocenters. The van der Waals surface area contributed by atoms with Gasteiger partial charge in [0.2, 0.25) is 0 Å². The smallest absolute Gasteiger partial charge is 0.161 e. The second kappa shape index (κ2) is 12.4. The molecule has 0 spiro atoms. The second-order valence-electron chi connectivity index (χ2n) is 7.13. The SMILES string of the molecule is CCN(CC)C[C@H](O)COc1ccc(CNCCc2cccc(C)n2)cc1OC. The van der Waals surface area contributed by atoms with Crippen molar-refractivity contribution < 1.29 is 14.6 Å². The highest BCUT2D eigenvalue weighted by atomic mass is 16.5. The standard InChI is InChI=1S/C23H35N3O3/c1-5-26(6-2)16-21(27)17-29-22-11-10-19(14-23(22)28-4)15-24-13-12-20-9-7-8-18(3)25-20/h7-11,14,21,24,27H,5-6,12-13,15-17H2,1-4H3/t21-/m0/s1. The van der Waals surface area contributed by atoms with Gasteiger partial charge in [0, 0.05) is 37.4 Å². The average molecular weight is 402 g/mol. The number of aromatic nitrogens is 1. The highest BCUT2D eigenvalue weighted by Crippen LogP contribution is 2.28. The van der Waals surface area contributed by atoms with Crippen LogP contribution in [0.2, 0.25) is 0 Å².